The molecule has 0 bridgehead atoms. The van der Waals surface area contributed by atoms with Crippen LogP contribution in [0.2, 0.25) is 0 Å². The third-order valence-corrected chi connectivity index (χ3v) is 5.65. The van der Waals surface area contributed by atoms with Gasteiger partial charge in [0.05, 0.1) is 6.04 Å². The van der Waals surface area contributed by atoms with Crippen molar-refractivity contribution >= 4 is 18.0 Å². The summed E-state index contributed by atoms with van der Waals surface area (Å²) in [6, 6.07) is 15.6. The second kappa shape index (κ2) is 9.18. The van der Waals surface area contributed by atoms with Gasteiger partial charge in [-0.05, 0) is 28.7 Å². The monoisotopic (exact) mass is 424 g/mol. The molecule has 0 saturated carbocycles. The molecule has 3 N–H and O–H groups in total. The maximum atomic E-state index is 12.1. The lowest BCUT2D eigenvalue weighted by Gasteiger charge is -2.16. The van der Waals surface area contributed by atoms with Crippen molar-refractivity contribution in [3.63, 3.8) is 0 Å². The van der Waals surface area contributed by atoms with Crippen molar-refractivity contribution in [3.8, 4) is 11.1 Å². The van der Waals surface area contributed by atoms with Crippen LogP contribution in [-0.4, -0.2) is 55.0 Å². The van der Waals surface area contributed by atoms with Gasteiger partial charge in [-0.2, -0.15) is 0 Å². The van der Waals surface area contributed by atoms with Gasteiger partial charge in [-0.1, -0.05) is 48.5 Å². The largest absolute Gasteiger partial charge is 0.479 e. The number of amides is 2. The third kappa shape index (κ3) is 4.54. The summed E-state index contributed by atoms with van der Waals surface area (Å²) in [6.45, 7) is 0.583. The van der Waals surface area contributed by atoms with E-state index in [1.807, 2.05) is 36.4 Å². The Morgan fingerprint density at radius 1 is 1.03 bits per heavy atom. The topological polar surface area (TPSA) is 114 Å². The number of carbonyl (C=O) groups excluding carboxylic acids is 2. The van der Waals surface area contributed by atoms with Crippen LogP contribution in [0.25, 0.3) is 11.1 Å². The van der Waals surface area contributed by atoms with Crippen molar-refractivity contribution in [3.05, 3.63) is 59.7 Å². The Bertz CT molecular complexity index is 946. The minimum atomic E-state index is -1.10. The fourth-order valence-electron chi connectivity index (χ4n) is 4.19. The Morgan fingerprint density at radius 3 is 2.32 bits per heavy atom. The summed E-state index contributed by atoms with van der Waals surface area (Å²) in [5.74, 6) is -1.47. The van der Waals surface area contributed by atoms with Crippen molar-refractivity contribution in [1.82, 2.24) is 10.6 Å². The molecule has 4 rings (SSSR count). The van der Waals surface area contributed by atoms with Crippen molar-refractivity contribution in [2.24, 2.45) is 0 Å². The molecule has 0 radical (unpaired) electrons. The number of benzene rings is 2. The fraction of sp³-hybridized carbons (Fsp3) is 0.348. The molecule has 0 spiro atoms. The number of fused-ring (bicyclic) bond motifs is 3. The summed E-state index contributed by atoms with van der Waals surface area (Å²) in [5, 5.41) is 14.3. The molecule has 0 unspecified atom stereocenters. The quantitative estimate of drug-likeness (QED) is 0.628. The number of aliphatic carboxylic acids is 1. The molecular weight excluding hydrogens is 400 g/mol. The number of rotatable bonds is 7. The number of carboxylic acids is 1. The predicted octanol–water partition coefficient (Wildman–Crippen LogP) is 2.27. The highest BCUT2D eigenvalue weighted by Crippen LogP contribution is 2.44. The number of ether oxygens (including phenoxy) is 2. The van der Waals surface area contributed by atoms with E-state index in [9.17, 15) is 14.4 Å². The maximum absolute atomic E-state index is 12.1. The summed E-state index contributed by atoms with van der Waals surface area (Å²) in [7, 11) is 0. The van der Waals surface area contributed by atoms with Gasteiger partial charge in [-0.15, -0.1) is 0 Å². The van der Waals surface area contributed by atoms with Crippen LogP contribution in [0.3, 0.4) is 0 Å². The van der Waals surface area contributed by atoms with Gasteiger partial charge in [0.1, 0.15) is 6.61 Å². The predicted molar refractivity (Wildman–Crippen MR) is 112 cm³/mol. The zero-order valence-electron chi connectivity index (χ0n) is 16.9. The molecule has 1 saturated heterocycles. The van der Waals surface area contributed by atoms with Crippen LogP contribution in [0, 0.1) is 0 Å². The van der Waals surface area contributed by atoms with Gasteiger partial charge < -0.3 is 25.2 Å². The van der Waals surface area contributed by atoms with E-state index in [-0.39, 0.29) is 31.4 Å². The van der Waals surface area contributed by atoms with E-state index in [4.69, 9.17) is 14.6 Å². The summed E-state index contributed by atoms with van der Waals surface area (Å²) in [6.07, 6.45) is -1.16. The van der Waals surface area contributed by atoms with Crippen molar-refractivity contribution in [2.75, 3.05) is 19.8 Å². The van der Waals surface area contributed by atoms with Gasteiger partial charge >= 0.3 is 12.1 Å². The van der Waals surface area contributed by atoms with Crippen LogP contribution in [0.5, 0.6) is 0 Å². The average molecular weight is 424 g/mol. The highest BCUT2D eigenvalue weighted by Gasteiger charge is 2.35. The first-order valence-corrected chi connectivity index (χ1v) is 10.3. The molecule has 2 aromatic carbocycles. The Kier molecular flexibility index (Phi) is 6.18. The van der Waals surface area contributed by atoms with Gasteiger partial charge in [0.2, 0.25) is 5.91 Å². The van der Waals surface area contributed by atoms with Gasteiger partial charge in [-0.25, -0.2) is 9.59 Å². The van der Waals surface area contributed by atoms with Crippen LogP contribution in [0.1, 0.15) is 29.9 Å². The molecule has 162 valence electrons. The van der Waals surface area contributed by atoms with Crippen LogP contribution in [0.4, 0.5) is 4.79 Å². The lowest BCUT2D eigenvalue weighted by molar-refractivity contribution is -0.148. The highest BCUT2D eigenvalue weighted by molar-refractivity contribution is 5.80. The first-order chi connectivity index (χ1) is 15.0. The van der Waals surface area contributed by atoms with E-state index in [0.29, 0.717) is 13.0 Å². The van der Waals surface area contributed by atoms with Gasteiger partial charge in [-0.3, -0.25) is 4.79 Å². The average Bonchev–Trinajstić information content (AvgIpc) is 3.35. The molecule has 2 aliphatic rings. The molecule has 31 heavy (non-hydrogen) atoms. The fourth-order valence-corrected chi connectivity index (χ4v) is 4.19. The number of carboxylic acid groups (broad SMARTS) is 1. The van der Waals surface area contributed by atoms with Gasteiger partial charge in [0, 0.05) is 25.5 Å². The SMILES string of the molecule is O=C(CCNC(=O)OCC1c2ccccc2-c2ccccc21)N[C@H]1CCO[C@H]1C(=O)O. The molecule has 1 fully saturated rings. The molecule has 8 nitrogen and oxygen atoms in total. The van der Waals surface area contributed by atoms with Crippen molar-refractivity contribution in [1.29, 1.82) is 0 Å². The molecule has 1 aliphatic carbocycles. The van der Waals surface area contributed by atoms with E-state index in [1.165, 1.54) is 0 Å². The van der Waals surface area contributed by atoms with E-state index < -0.39 is 24.2 Å². The minimum absolute atomic E-state index is 0.0209. The van der Waals surface area contributed by atoms with Gasteiger partial charge in [0.15, 0.2) is 6.10 Å². The van der Waals surface area contributed by atoms with Crippen LogP contribution < -0.4 is 10.6 Å². The molecule has 8 heteroatoms. The number of carbonyl (C=O) groups is 3. The Morgan fingerprint density at radius 2 is 1.68 bits per heavy atom. The Labute approximate surface area is 179 Å². The third-order valence-electron chi connectivity index (χ3n) is 5.65. The second-order valence-electron chi connectivity index (χ2n) is 7.59. The van der Waals surface area contributed by atoms with Crippen LogP contribution in [0.15, 0.2) is 48.5 Å². The molecule has 2 atom stereocenters. The summed E-state index contributed by atoms with van der Waals surface area (Å²) >= 11 is 0. The lowest BCUT2D eigenvalue weighted by Crippen LogP contribution is -2.44. The van der Waals surface area contributed by atoms with Gasteiger partial charge in [0.25, 0.3) is 0 Å². The van der Waals surface area contributed by atoms with Crippen molar-refractivity contribution < 1.29 is 29.0 Å². The van der Waals surface area contributed by atoms with Crippen LogP contribution >= 0.6 is 0 Å². The van der Waals surface area contributed by atoms with E-state index >= 15 is 0 Å². The number of hydrogen-bond acceptors (Lipinski definition) is 5. The van der Waals surface area contributed by atoms with E-state index in [0.717, 1.165) is 22.3 Å². The normalized spacial score (nSPS) is 19.4. The zero-order chi connectivity index (χ0) is 21.8. The molecule has 2 amide bonds. The zero-order valence-corrected chi connectivity index (χ0v) is 16.9. The summed E-state index contributed by atoms with van der Waals surface area (Å²) < 4.78 is 10.5. The molecule has 1 heterocycles. The summed E-state index contributed by atoms with van der Waals surface area (Å²) in [4.78, 5) is 35.2. The van der Waals surface area contributed by atoms with E-state index in [2.05, 4.69) is 22.8 Å². The Hall–Kier alpha value is -3.39. The lowest BCUT2D eigenvalue weighted by atomic mass is 9.98. The number of nitrogens with one attached hydrogen (secondary N) is 2. The second-order valence-corrected chi connectivity index (χ2v) is 7.59. The van der Waals surface area contributed by atoms with Crippen LogP contribution in [-0.2, 0) is 19.1 Å². The first kappa shape index (κ1) is 20.9. The standard InChI is InChI=1S/C23H24N2O6/c26-20(25-19-10-12-30-21(19)22(27)28)9-11-24-23(29)31-13-18-16-7-3-1-5-14(16)15-6-2-4-8-17(15)18/h1-8,18-19,21H,9-13H2,(H,24,29)(H,25,26)(H,27,28)/t19-,21+/m0/s1. The number of hydrogen-bond donors (Lipinski definition) is 3. The summed E-state index contributed by atoms with van der Waals surface area (Å²) in [5.41, 5.74) is 4.56. The minimum Gasteiger partial charge on any atom is -0.479 e. The van der Waals surface area contributed by atoms with Crippen molar-refractivity contribution in [2.45, 2.75) is 30.9 Å². The smallest absolute Gasteiger partial charge is 0.407 e. The highest BCUT2D eigenvalue weighted by atomic mass is 16.5. The first-order valence-electron chi connectivity index (χ1n) is 10.3. The molecular formula is C23H24N2O6. The number of alkyl carbamates (subject to hydrolysis) is 1. The maximum Gasteiger partial charge on any atom is 0.407 e. The van der Waals surface area contributed by atoms with E-state index in [1.54, 1.807) is 0 Å². The molecule has 1 aliphatic heterocycles. The Balaban J connectivity index is 1.24. The molecule has 0 aromatic heterocycles. The molecule has 2 aromatic rings.